The van der Waals surface area contributed by atoms with Gasteiger partial charge in [-0.25, -0.2) is 0 Å². The van der Waals surface area contributed by atoms with Gasteiger partial charge < -0.3 is 24.4 Å². The molecule has 0 spiro atoms. The first-order valence-electron chi connectivity index (χ1n) is 10.8. The molecule has 2 rings (SSSR count). The van der Waals surface area contributed by atoms with E-state index in [4.69, 9.17) is 14.2 Å². The van der Waals surface area contributed by atoms with Crippen molar-refractivity contribution in [3.63, 3.8) is 0 Å². The molecule has 8 nitrogen and oxygen atoms in total. The maximum absolute atomic E-state index is 13.1. The highest BCUT2D eigenvalue weighted by Gasteiger charge is 2.57. The van der Waals surface area contributed by atoms with Crippen molar-refractivity contribution in [2.75, 3.05) is 20.3 Å². The van der Waals surface area contributed by atoms with Crippen molar-refractivity contribution < 1.29 is 38.8 Å². The summed E-state index contributed by atoms with van der Waals surface area (Å²) in [6.07, 6.45) is -0.387. The van der Waals surface area contributed by atoms with Crippen molar-refractivity contribution >= 4 is 17.7 Å². The second-order valence-corrected chi connectivity index (χ2v) is 9.46. The van der Waals surface area contributed by atoms with E-state index in [-0.39, 0.29) is 43.0 Å². The Labute approximate surface area is 188 Å². The van der Waals surface area contributed by atoms with E-state index in [1.807, 2.05) is 27.7 Å². The molecule has 0 radical (unpaired) electrons. The zero-order valence-electron chi connectivity index (χ0n) is 19.6. The maximum Gasteiger partial charge on any atom is 0.317 e. The second kappa shape index (κ2) is 10.3. The third kappa shape index (κ3) is 5.79. The highest BCUT2D eigenvalue weighted by atomic mass is 16.5. The molecule has 0 bridgehead atoms. The summed E-state index contributed by atoms with van der Waals surface area (Å²) in [5, 5.41) is 21.1. The Bertz CT molecular complexity index is 842. The third-order valence-electron chi connectivity index (χ3n) is 5.48. The van der Waals surface area contributed by atoms with Crippen LogP contribution in [0.1, 0.15) is 52.5 Å². The van der Waals surface area contributed by atoms with Gasteiger partial charge in [-0.2, -0.15) is 0 Å². The quantitative estimate of drug-likeness (QED) is 0.458. The number of rotatable bonds is 8. The van der Waals surface area contributed by atoms with E-state index >= 15 is 0 Å². The summed E-state index contributed by atoms with van der Waals surface area (Å²) in [6, 6.07) is 4.32. The lowest BCUT2D eigenvalue weighted by atomic mass is 9.61. The molecule has 178 valence electrons. The lowest BCUT2D eigenvalue weighted by molar-refractivity contribution is -0.173. The first kappa shape index (κ1) is 25.6. The molecule has 1 aromatic carbocycles. The number of phenolic OH excluding ortho intramolecular Hbond substituents is 1. The van der Waals surface area contributed by atoms with Crippen LogP contribution in [0.3, 0.4) is 0 Å². The number of hydrogen-bond donors (Lipinski definition) is 2. The van der Waals surface area contributed by atoms with Crippen LogP contribution < -0.4 is 4.74 Å². The first-order chi connectivity index (χ1) is 14.9. The molecular weight excluding hydrogens is 416 g/mol. The number of phenols is 1. The number of carbonyl (C=O) groups is 3. The molecule has 1 aliphatic carbocycles. The van der Waals surface area contributed by atoms with Crippen LogP contribution >= 0.6 is 0 Å². The Hall–Kier alpha value is -2.61. The van der Waals surface area contributed by atoms with E-state index in [9.17, 15) is 24.6 Å². The molecule has 4 atom stereocenters. The molecule has 8 heteroatoms. The van der Waals surface area contributed by atoms with E-state index in [0.717, 1.165) is 0 Å². The average molecular weight is 451 g/mol. The van der Waals surface area contributed by atoms with Crippen molar-refractivity contribution in [1.29, 1.82) is 0 Å². The summed E-state index contributed by atoms with van der Waals surface area (Å²) in [5.41, 5.74) is -1.36. The summed E-state index contributed by atoms with van der Waals surface area (Å²) in [7, 11) is 1.36. The summed E-state index contributed by atoms with van der Waals surface area (Å²) >= 11 is 0. The van der Waals surface area contributed by atoms with Gasteiger partial charge in [0.15, 0.2) is 17.3 Å². The number of methoxy groups -OCH3 is 1. The molecule has 0 saturated heterocycles. The summed E-state index contributed by atoms with van der Waals surface area (Å²) in [5.74, 6) is -5.44. The van der Waals surface area contributed by atoms with Crippen molar-refractivity contribution in [3.05, 3.63) is 23.8 Å². The topological polar surface area (TPSA) is 119 Å². The molecule has 2 N–H and O–H groups in total. The second-order valence-electron chi connectivity index (χ2n) is 9.46. The molecule has 0 aliphatic heterocycles. The van der Waals surface area contributed by atoms with Gasteiger partial charge in [-0.3, -0.25) is 14.4 Å². The Morgan fingerprint density at radius 1 is 1.09 bits per heavy atom. The molecule has 1 saturated carbocycles. The van der Waals surface area contributed by atoms with Crippen LogP contribution in [0.15, 0.2) is 18.2 Å². The number of hydrogen-bond acceptors (Lipinski definition) is 8. The zero-order valence-corrected chi connectivity index (χ0v) is 19.6. The average Bonchev–Trinajstić information content (AvgIpc) is 2.69. The highest BCUT2D eigenvalue weighted by Crippen LogP contribution is 2.48. The number of aliphatic hydroxyl groups is 1. The van der Waals surface area contributed by atoms with Gasteiger partial charge in [-0.05, 0) is 36.5 Å². The Morgan fingerprint density at radius 3 is 2.19 bits per heavy atom. The molecular formula is C24H34O8. The monoisotopic (exact) mass is 450 g/mol. The van der Waals surface area contributed by atoms with Crippen LogP contribution in [0.25, 0.3) is 0 Å². The van der Waals surface area contributed by atoms with Gasteiger partial charge in [-0.1, -0.05) is 33.8 Å². The van der Waals surface area contributed by atoms with Crippen molar-refractivity contribution in [2.24, 2.45) is 23.7 Å². The molecule has 1 aromatic rings. The molecule has 0 heterocycles. The van der Waals surface area contributed by atoms with Crippen LogP contribution in [0, 0.1) is 23.7 Å². The number of Topliss-reactive ketones (excluding diaryl/α,β-unsaturated/α-hetero) is 1. The SMILES string of the molecule is COc1cc([C@H]2[C@@H](C(=O)OCC(C)C)C(=O)C[C@@](C)(O)[C@@H]2C(=O)OCC(C)C)ccc1O. The first-order valence-corrected chi connectivity index (χ1v) is 10.8. The van der Waals surface area contributed by atoms with Crippen molar-refractivity contribution in [2.45, 2.75) is 52.6 Å². The lowest BCUT2D eigenvalue weighted by Crippen LogP contribution is -2.55. The minimum Gasteiger partial charge on any atom is -0.504 e. The molecule has 0 unspecified atom stereocenters. The Morgan fingerprint density at radius 2 is 1.66 bits per heavy atom. The number of aromatic hydroxyl groups is 1. The smallest absolute Gasteiger partial charge is 0.317 e. The highest BCUT2D eigenvalue weighted by molar-refractivity contribution is 6.02. The zero-order chi connectivity index (χ0) is 24.2. The maximum atomic E-state index is 13.1. The Balaban J connectivity index is 2.59. The van der Waals surface area contributed by atoms with E-state index in [1.54, 1.807) is 0 Å². The summed E-state index contributed by atoms with van der Waals surface area (Å²) < 4.78 is 16.0. The van der Waals surface area contributed by atoms with Crippen molar-refractivity contribution in [3.8, 4) is 11.5 Å². The van der Waals surface area contributed by atoms with E-state index < -0.39 is 41.1 Å². The number of ether oxygens (including phenoxy) is 3. The minimum absolute atomic E-state index is 0.0553. The number of esters is 2. The predicted molar refractivity (Wildman–Crippen MR) is 116 cm³/mol. The van der Waals surface area contributed by atoms with Gasteiger partial charge >= 0.3 is 11.9 Å². The fourth-order valence-electron chi connectivity index (χ4n) is 3.99. The van der Waals surface area contributed by atoms with E-state index in [2.05, 4.69) is 0 Å². The normalized spacial score (nSPS) is 25.7. The number of carbonyl (C=O) groups excluding carboxylic acids is 3. The lowest BCUT2D eigenvalue weighted by Gasteiger charge is -2.43. The minimum atomic E-state index is -1.74. The van der Waals surface area contributed by atoms with Gasteiger partial charge in [0.25, 0.3) is 0 Å². The van der Waals surface area contributed by atoms with Gasteiger partial charge in [0, 0.05) is 12.3 Å². The largest absolute Gasteiger partial charge is 0.504 e. The summed E-state index contributed by atoms with van der Waals surface area (Å²) in [4.78, 5) is 39.2. The van der Waals surface area contributed by atoms with E-state index in [1.165, 1.54) is 32.2 Å². The third-order valence-corrected chi connectivity index (χ3v) is 5.48. The van der Waals surface area contributed by atoms with Crippen LogP contribution in [0.4, 0.5) is 0 Å². The van der Waals surface area contributed by atoms with Crippen LogP contribution in [-0.2, 0) is 23.9 Å². The molecule has 0 aromatic heterocycles. The molecule has 1 aliphatic rings. The molecule has 0 amide bonds. The fourth-order valence-corrected chi connectivity index (χ4v) is 3.99. The van der Waals surface area contributed by atoms with Crippen LogP contribution in [0.5, 0.6) is 11.5 Å². The standard InChI is InChI=1S/C24H34O8/c1-13(2)11-31-22(27)20-17(26)10-24(5,29)21(23(28)32-12-14(3)4)19(20)15-7-8-16(25)18(9-15)30-6/h7-9,13-14,19-21,25,29H,10-12H2,1-6H3/t19-,20-,21-,24+/m0/s1. The summed E-state index contributed by atoms with van der Waals surface area (Å²) in [6.45, 7) is 9.14. The van der Waals surface area contributed by atoms with Gasteiger partial charge in [0.05, 0.1) is 31.8 Å². The van der Waals surface area contributed by atoms with Crippen molar-refractivity contribution in [1.82, 2.24) is 0 Å². The molecule has 1 fully saturated rings. The van der Waals surface area contributed by atoms with Gasteiger partial charge in [0.1, 0.15) is 5.92 Å². The van der Waals surface area contributed by atoms with Gasteiger partial charge in [0.2, 0.25) is 0 Å². The van der Waals surface area contributed by atoms with Gasteiger partial charge in [-0.15, -0.1) is 0 Å². The fraction of sp³-hybridized carbons (Fsp3) is 0.625. The van der Waals surface area contributed by atoms with Crippen LogP contribution in [0.2, 0.25) is 0 Å². The predicted octanol–water partition coefficient (Wildman–Crippen LogP) is 2.84. The number of ketones is 1. The number of benzene rings is 1. The Kier molecular flexibility index (Phi) is 8.29. The van der Waals surface area contributed by atoms with E-state index in [0.29, 0.717) is 5.56 Å². The van der Waals surface area contributed by atoms with Crippen LogP contribution in [-0.4, -0.2) is 53.9 Å². The molecule has 32 heavy (non-hydrogen) atoms.